The van der Waals surface area contributed by atoms with Crippen LogP contribution in [0.4, 0.5) is 0 Å². The number of quaternary nitrogens is 1. The average molecular weight is 289 g/mol. The van der Waals surface area contributed by atoms with Gasteiger partial charge in [0.05, 0.1) is 34.3 Å². The topological polar surface area (TPSA) is 55.4 Å². The van der Waals surface area contributed by atoms with Crippen LogP contribution in [0.5, 0.6) is 0 Å². The standard InChI is InChI=1S/C10H20N2O.C3H6O2.C2H6/c1-9(2)10(13)11-7-6-8-12(3,4)5;1-2-5-3-4;1-2/h1,6-8H2,2-5H3;3H,2H2,1H3;1-2H3/p+1. The van der Waals surface area contributed by atoms with Crippen molar-refractivity contribution in [3.63, 3.8) is 0 Å². The van der Waals surface area contributed by atoms with Crippen molar-refractivity contribution in [2.75, 3.05) is 40.8 Å². The van der Waals surface area contributed by atoms with Crippen molar-refractivity contribution in [2.45, 2.75) is 34.1 Å². The molecule has 0 unspecified atom stereocenters. The highest BCUT2D eigenvalue weighted by Gasteiger charge is 2.06. The summed E-state index contributed by atoms with van der Waals surface area (Å²) < 4.78 is 5.09. The third-order valence-electron chi connectivity index (χ3n) is 1.91. The van der Waals surface area contributed by atoms with Crippen LogP contribution in [0.1, 0.15) is 34.1 Å². The molecule has 0 aliphatic heterocycles. The molecule has 0 aliphatic carbocycles. The zero-order valence-corrected chi connectivity index (χ0v) is 14.3. The molecule has 120 valence electrons. The summed E-state index contributed by atoms with van der Waals surface area (Å²) in [7, 11) is 6.42. The van der Waals surface area contributed by atoms with Crippen LogP contribution in [0.15, 0.2) is 12.2 Å². The van der Waals surface area contributed by atoms with E-state index >= 15 is 0 Å². The molecule has 0 aromatic carbocycles. The fourth-order valence-electron chi connectivity index (χ4n) is 0.974. The third-order valence-corrected chi connectivity index (χ3v) is 1.91. The molecule has 0 rings (SSSR count). The van der Waals surface area contributed by atoms with Crippen LogP contribution in [-0.4, -0.2) is 57.7 Å². The molecule has 0 atom stereocenters. The Balaban J connectivity index is -0.000000346. The van der Waals surface area contributed by atoms with E-state index in [4.69, 9.17) is 0 Å². The fourth-order valence-corrected chi connectivity index (χ4v) is 0.974. The number of carbonyl (C=O) groups is 2. The van der Waals surface area contributed by atoms with Crippen LogP contribution in [0, 0.1) is 0 Å². The Kier molecular flexibility index (Phi) is 18.6. The first-order valence-corrected chi connectivity index (χ1v) is 7.04. The van der Waals surface area contributed by atoms with E-state index in [0.717, 1.165) is 24.0 Å². The predicted octanol–water partition coefficient (Wildman–Crippen LogP) is 1.98. The molecule has 0 heterocycles. The van der Waals surface area contributed by atoms with Crippen LogP contribution in [0.3, 0.4) is 0 Å². The molecule has 0 fully saturated rings. The summed E-state index contributed by atoms with van der Waals surface area (Å²) in [6.07, 6.45) is 1.00. The highest BCUT2D eigenvalue weighted by molar-refractivity contribution is 5.91. The van der Waals surface area contributed by atoms with Crippen LogP contribution in [0.2, 0.25) is 0 Å². The quantitative estimate of drug-likeness (QED) is 0.337. The minimum absolute atomic E-state index is 0.0404. The van der Waals surface area contributed by atoms with E-state index in [2.05, 4.69) is 37.8 Å². The SMILES string of the molecule is C=C(C)C(=O)NCCC[N+](C)(C)C.CC.CCOC=O. The lowest BCUT2D eigenvalue weighted by Gasteiger charge is -2.23. The molecule has 0 aliphatic rings. The van der Waals surface area contributed by atoms with Gasteiger partial charge in [-0.2, -0.15) is 0 Å². The molecule has 5 heteroatoms. The Morgan fingerprint density at radius 3 is 2.05 bits per heavy atom. The molecule has 1 N–H and O–H groups in total. The van der Waals surface area contributed by atoms with Gasteiger partial charge in [0.15, 0.2) is 0 Å². The Morgan fingerprint density at radius 1 is 1.30 bits per heavy atom. The van der Waals surface area contributed by atoms with E-state index in [1.807, 2.05) is 13.8 Å². The molecule has 0 saturated heterocycles. The summed E-state index contributed by atoms with van der Waals surface area (Å²) in [4.78, 5) is 20.2. The number of amides is 1. The van der Waals surface area contributed by atoms with E-state index in [-0.39, 0.29) is 5.91 Å². The number of rotatable bonds is 7. The Labute approximate surface area is 124 Å². The van der Waals surface area contributed by atoms with E-state index in [1.165, 1.54) is 0 Å². The van der Waals surface area contributed by atoms with Gasteiger partial charge in [-0.25, -0.2) is 0 Å². The van der Waals surface area contributed by atoms with Gasteiger partial charge in [-0.3, -0.25) is 9.59 Å². The monoisotopic (exact) mass is 289 g/mol. The van der Waals surface area contributed by atoms with Crippen molar-refractivity contribution in [3.8, 4) is 0 Å². The number of hydrogen-bond donors (Lipinski definition) is 1. The first-order chi connectivity index (χ1) is 9.24. The van der Waals surface area contributed by atoms with Gasteiger partial charge in [0.1, 0.15) is 0 Å². The second kappa shape index (κ2) is 15.7. The minimum atomic E-state index is -0.0404. The second-order valence-electron chi connectivity index (χ2n) is 4.96. The smallest absolute Gasteiger partial charge is 0.293 e. The number of carbonyl (C=O) groups excluding carboxylic acids is 2. The maximum atomic E-state index is 11.1. The Morgan fingerprint density at radius 2 is 1.80 bits per heavy atom. The van der Waals surface area contributed by atoms with Gasteiger partial charge in [0.25, 0.3) is 6.47 Å². The van der Waals surface area contributed by atoms with E-state index < -0.39 is 0 Å². The van der Waals surface area contributed by atoms with Crippen molar-refractivity contribution in [1.29, 1.82) is 0 Å². The molecule has 0 aromatic heterocycles. The summed E-state index contributed by atoms with van der Waals surface area (Å²) in [6.45, 7) is 13.8. The molecule has 0 bridgehead atoms. The maximum absolute atomic E-state index is 11.1. The zero-order chi connectivity index (χ0) is 16.6. The summed E-state index contributed by atoms with van der Waals surface area (Å²) in [5, 5.41) is 2.81. The van der Waals surface area contributed by atoms with Crippen LogP contribution in [-0.2, 0) is 14.3 Å². The molecule has 0 saturated carbocycles. The summed E-state index contributed by atoms with van der Waals surface area (Å²) in [5.41, 5.74) is 0.574. The van der Waals surface area contributed by atoms with Crippen molar-refractivity contribution in [2.24, 2.45) is 0 Å². The van der Waals surface area contributed by atoms with Gasteiger partial charge < -0.3 is 14.5 Å². The highest BCUT2D eigenvalue weighted by atomic mass is 16.5. The lowest BCUT2D eigenvalue weighted by atomic mass is 10.3. The normalized spacial score (nSPS) is 9.15. The lowest BCUT2D eigenvalue weighted by Crippen LogP contribution is -2.37. The maximum Gasteiger partial charge on any atom is 0.293 e. The van der Waals surface area contributed by atoms with Gasteiger partial charge in [0, 0.05) is 18.5 Å². The van der Waals surface area contributed by atoms with Gasteiger partial charge >= 0.3 is 0 Å². The minimum Gasteiger partial charge on any atom is -0.468 e. The van der Waals surface area contributed by atoms with Gasteiger partial charge in [-0.05, 0) is 13.8 Å². The molecule has 0 aromatic rings. The van der Waals surface area contributed by atoms with Gasteiger partial charge in [0.2, 0.25) is 5.91 Å². The Hall–Kier alpha value is -1.36. The van der Waals surface area contributed by atoms with Crippen molar-refractivity contribution in [1.82, 2.24) is 5.32 Å². The fraction of sp³-hybridized carbons (Fsp3) is 0.733. The molecular weight excluding hydrogens is 256 g/mol. The first-order valence-electron chi connectivity index (χ1n) is 7.04. The van der Waals surface area contributed by atoms with E-state index in [1.54, 1.807) is 13.8 Å². The van der Waals surface area contributed by atoms with Crippen LogP contribution < -0.4 is 5.32 Å². The van der Waals surface area contributed by atoms with E-state index in [9.17, 15) is 9.59 Å². The average Bonchev–Trinajstić information content (AvgIpc) is 2.37. The highest BCUT2D eigenvalue weighted by Crippen LogP contribution is 1.92. The molecule has 0 radical (unpaired) electrons. The molecule has 20 heavy (non-hydrogen) atoms. The van der Waals surface area contributed by atoms with Crippen LogP contribution in [0.25, 0.3) is 0 Å². The van der Waals surface area contributed by atoms with Crippen molar-refractivity contribution >= 4 is 12.4 Å². The second-order valence-corrected chi connectivity index (χ2v) is 4.96. The van der Waals surface area contributed by atoms with E-state index in [0.29, 0.717) is 18.7 Å². The lowest BCUT2D eigenvalue weighted by molar-refractivity contribution is -0.870. The van der Waals surface area contributed by atoms with Gasteiger partial charge in [-0.15, -0.1) is 0 Å². The number of nitrogens with one attached hydrogen (secondary N) is 1. The first kappa shape index (κ1) is 23.7. The number of nitrogens with zero attached hydrogens (tertiary/aromatic N) is 1. The van der Waals surface area contributed by atoms with Gasteiger partial charge in [-0.1, -0.05) is 20.4 Å². The van der Waals surface area contributed by atoms with Crippen molar-refractivity contribution in [3.05, 3.63) is 12.2 Å². The summed E-state index contributed by atoms with van der Waals surface area (Å²) in [6, 6.07) is 0. The van der Waals surface area contributed by atoms with Crippen LogP contribution >= 0.6 is 0 Å². The number of hydrogen-bond acceptors (Lipinski definition) is 3. The zero-order valence-electron chi connectivity index (χ0n) is 14.3. The van der Waals surface area contributed by atoms with Crippen molar-refractivity contribution < 1.29 is 18.8 Å². The Bertz CT molecular complexity index is 258. The summed E-state index contributed by atoms with van der Waals surface area (Å²) in [5.74, 6) is -0.0404. The predicted molar refractivity (Wildman–Crippen MR) is 84.4 cm³/mol. The molecule has 5 nitrogen and oxygen atoms in total. The number of ether oxygens (including phenoxy) is 1. The molecule has 1 amide bonds. The molecular formula is C15H33N2O3+. The summed E-state index contributed by atoms with van der Waals surface area (Å²) >= 11 is 0. The molecule has 0 spiro atoms. The third kappa shape index (κ3) is 25.5. The largest absolute Gasteiger partial charge is 0.468 e.